The van der Waals surface area contributed by atoms with Gasteiger partial charge in [0.15, 0.2) is 11.6 Å². The Bertz CT molecular complexity index is 649. The van der Waals surface area contributed by atoms with Crippen LogP contribution < -0.4 is 0 Å². The zero-order valence-corrected chi connectivity index (χ0v) is 11.7. The van der Waals surface area contributed by atoms with Crippen LogP contribution in [0.4, 0.5) is 5.69 Å². The highest BCUT2D eigenvalue weighted by Gasteiger charge is 2.44. The van der Waals surface area contributed by atoms with Crippen molar-refractivity contribution in [3.8, 4) is 0 Å². The van der Waals surface area contributed by atoms with Gasteiger partial charge in [-0.25, -0.2) is 0 Å². The van der Waals surface area contributed by atoms with Crippen LogP contribution in [0.25, 0.3) is 5.57 Å². The number of hydrogen-bond donors (Lipinski definition) is 0. The first-order valence-corrected chi connectivity index (χ1v) is 6.72. The largest absolute Gasteiger partial charge is 0.344 e. The van der Waals surface area contributed by atoms with Crippen molar-refractivity contribution in [3.05, 3.63) is 46.0 Å². The average molecular weight is 289 g/mol. The molecule has 0 N–H and O–H groups in total. The molecule has 1 heterocycles. The number of hydrogen-bond acceptors (Lipinski definition) is 5. The third kappa shape index (κ3) is 2.48. The van der Waals surface area contributed by atoms with Crippen molar-refractivity contribution in [2.75, 3.05) is 0 Å². The van der Waals surface area contributed by atoms with Gasteiger partial charge in [-0.05, 0) is 26.0 Å². The Morgan fingerprint density at radius 3 is 2.71 bits per heavy atom. The van der Waals surface area contributed by atoms with E-state index in [1.54, 1.807) is 38.1 Å². The molecule has 6 nitrogen and oxygen atoms in total. The molecule has 21 heavy (non-hydrogen) atoms. The number of para-hydroxylation sites is 1. The van der Waals surface area contributed by atoms with Crippen LogP contribution in [0.3, 0.4) is 0 Å². The number of allylic oxidation sites excluding steroid dienone is 1. The molecular weight excluding hydrogens is 274 g/mol. The predicted molar refractivity (Wildman–Crippen MR) is 74.5 cm³/mol. The summed E-state index contributed by atoms with van der Waals surface area (Å²) in [4.78, 5) is 22.9. The molecule has 0 bridgehead atoms. The number of ether oxygens (including phenoxy) is 2. The van der Waals surface area contributed by atoms with Crippen LogP contribution in [0, 0.1) is 10.1 Å². The normalized spacial score (nSPS) is 27.1. The van der Waals surface area contributed by atoms with Gasteiger partial charge in [0.1, 0.15) is 6.10 Å². The summed E-state index contributed by atoms with van der Waals surface area (Å²) in [5, 5.41) is 11.1. The first kappa shape index (κ1) is 13.9. The number of benzene rings is 1. The fraction of sp³-hybridized carbons (Fsp3) is 0.400. The van der Waals surface area contributed by atoms with Crippen LogP contribution in [-0.2, 0) is 14.3 Å². The third-order valence-corrected chi connectivity index (χ3v) is 3.63. The summed E-state index contributed by atoms with van der Waals surface area (Å²) in [6, 6.07) is 6.24. The van der Waals surface area contributed by atoms with Gasteiger partial charge < -0.3 is 9.47 Å². The van der Waals surface area contributed by atoms with E-state index in [9.17, 15) is 14.9 Å². The molecule has 1 aromatic carbocycles. The SMILES string of the molecule is CC1(C)O[C@H]2C=C(c3ccccc3[N+](=O)[O-])C(=O)C[C@H]2O1. The Kier molecular flexibility index (Phi) is 3.15. The van der Waals surface area contributed by atoms with E-state index in [4.69, 9.17) is 9.47 Å². The number of carbonyl (C=O) groups excluding carboxylic acids is 1. The molecule has 0 aromatic heterocycles. The maximum Gasteiger partial charge on any atom is 0.277 e. The molecule has 1 saturated heterocycles. The van der Waals surface area contributed by atoms with E-state index >= 15 is 0 Å². The summed E-state index contributed by atoms with van der Waals surface area (Å²) in [6.45, 7) is 3.57. The van der Waals surface area contributed by atoms with Crippen molar-refractivity contribution < 1.29 is 19.2 Å². The van der Waals surface area contributed by atoms with Gasteiger partial charge in [-0.3, -0.25) is 14.9 Å². The van der Waals surface area contributed by atoms with Gasteiger partial charge in [-0.15, -0.1) is 0 Å². The van der Waals surface area contributed by atoms with E-state index in [2.05, 4.69) is 0 Å². The van der Waals surface area contributed by atoms with Crippen molar-refractivity contribution in [1.29, 1.82) is 0 Å². The van der Waals surface area contributed by atoms with Crippen LogP contribution in [0.15, 0.2) is 30.3 Å². The second kappa shape index (κ2) is 4.75. The standard InChI is InChI=1S/C15H15NO5/c1-15(2)20-13-7-10(12(17)8-14(13)21-15)9-5-3-4-6-11(9)16(18)19/h3-7,13-14H,8H2,1-2H3/t13-,14+/m0/s1. The Labute approximate surface area is 121 Å². The summed E-state index contributed by atoms with van der Waals surface area (Å²) in [7, 11) is 0. The van der Waals surface area contributed by atoms with E-state index < -0.39 is 10.7 Å². The predicted octanol–water partition coefficient (Wildman–Crippen LogP) is 2.47. The number of fused-ring (bicyclic) bond motifs is 1. The maximum atomic E-state index is 12.3. The second-order valence-corrected chi connectivity index (χ2v) is 5.62. The lowest BCUT2D eigenvalue weighted by atomic mass is 9.88. The molecule has 0 radical (unpaired) electrons. The van der Waals surface area contributed by atoms with Crippen molar-refractivity contribution >= 4 is 17.0 Å². The van der Waals surface area contributed by atoms with Crippen molar-refractivity contribution in [1.82, 2.24) is 0 Å². The number of nitro benzene ring substituents is 1. The number of ketones is 1. The number of Topliss-reactive ketones (excluding diaryl/α,β-unsaturated/α-hetero) is 1. The van der Waals surface area contributed by atoms with Gasteiger partial charge in [0.25, 0.3) is 5.69 Å². The molecule has 1 aromatic rings. The number of nitro groups is 1. The van der Waals surface area contributed by atoms with Gasteiger partial charge in [0.2, 0.25) is 0 Å². The molecule has 2 atom stereocenters. The fourth-order valence-electron chi connectivity index (χ4n) is 2.81. The molecule has 0 saturated carbocycles. The quantitative estimate of drug-likeness (QED) is 0.617. The molecule has 1 aliphatic heterocycles. The molecule has 1 fully saturated rings. The number of rotatable bonds is 2. The highest BCUT2D eigenvalue weighted by molar-refractivity contribution is 6.22. The molecule has 1 aliphatic carbocycles. The number of carbonyl (C=O) groups is 1. The lowest BCUT2D eigenvalue weighted by molar-refractivity contribution is -0.385. The van der Waals surface area contributed by atoms with Crippen LogP contribution in [0.5, 0.6) is 0 Å². The van der Waals surface area contributed by atoms with Gasteiger partial charge in [-0.1, -0.05) is 12.1 Å². The summed E-state index contributed by atoms with van der Waals surface area (Å²) >= 11 is 0. The summed E-state index contributed by atoms with van der Waals surface area (Å²) in [5.74, 6) is -0.906. The van der Waals surface area contributed by atoms with Crippen molar-refractivity contribution in [2.45, 2.75) is 38.3 Å². The van der Waals surface area contributed by atoms with E-state index in [1.807, 2.05) is 0 Å². The zero-order chi connectivity index (χ0) is 15.2. The smallest absolute Gasteiger partial charge is 0.277 e. The van der Waals surface area contributed by atoms with Crippen LogP contribution in [0.1, 0.15) is 25.8 Å². The molecule has 0 amide bonds. The summed E-state index contributed by atoms with van der Waals surface area (Å²) in [6.07, 6.45) is 1.14. The molecule has 6 heteroatoms. The first-order chi connectivity index (χ1) is 9.87. The van der Waals surface area contributed by atoms with E-state index in [0.29, 0.717) is 11.1 Å². The first-order valence-electron chi connectivity index (χ1n) is 6.72. The Morgan fingerprint density at radius 2 is 2.00 bits per heavy atom. The van der Waals surface area contributed by atoms with E-state index in [-0.39, 0.29) is 30.1 Å². The molecule has 3 rings (SSSR count). The Balaban J connectivity index is 2.03. The summed E-state index contributed by atoms with van der Waals surface area (Å²) in [5.41, 5.74) is 0.595. The molecule has 2 aliphatic rings. The highest BCUT2D eigenvalue weighted by Crippen LogP contribution is 2.38. The van der Waals surface area contributed by atoms with Crippen LogP contribution in [-0.4, -0.2) is 28.7 Å². The van der Waals surface area contributed by atoms with E-state index in [0.717, 1.165) is 0 Å². The van der Waals surface area contributed by atoms with Gasteiger partial charge in [0, 0.05) is 18.1 Å². The lowest BCUT2D eigenvalue weighted by Crippen LogP contribution is -2.29. The van der Waals surface area contributed by atoms with Crippen molar-refractivity contribution in [3.63, 3.8) is 0 Å². The highest BCUT2D eigenvalue weighted by atomic mass is 16.7. The molecular formula is C15H15NO5. The van der Waals surface area contributed by atoms with Gasteiger partial charge >= 0.3 is 0 Å². The second-order valence-electron chi connectivity index (χ2n) is 5.62. The Morgan fingerprint density at radius 1 is 1.29 bits per heavy atom. The minimum atomic E-state index is -0.746. The van der Waals surface area contributed by atoms with Gasteiger partial charge in [0.05, 0.1) is 16.6 Å². The lowest BCUT2D eigenvalue weighted by Gasteiger charge is -2.20. The number of nitrogens with zero attached hydrogens (tertiary/aromatic N) is 1. The van der Waals surface area contributed by atoms with Crippen LogP contribution in [0.2, 0.25) is 0 Å². The topological polar surface area (TPSA) is 78.7 Å². The maximum absolute atomic E-state index is 12.3. The van der Waals surface area contributed by atoms with Crippen molar-refractivity contribution in [2.24, 2.45) is 0 Å². The fourth-order valence-corrected chi connectivity index (χ4v) is 2.81. The minimum Gasteiger partial charge on any atom is -0.344 e. The summed E-state index contributed by atoms with van der Waals surface area (Å²) < 4.78 is 11.4. The van der Waals surface area contributed by atoms with E-state index in [1.165, 1.54) is 6.07 Å². The molecule has 0 unspecified atom stereocenters. The van der Waals surface area contributed by atoms with Gasteiger partial charge in [-0.2, -0.15) is 0 Å². The minimum absolute atomic E-state index is 0.0753. The monoisotopic (exact) mass is 289 g/mol. The molecule has 0 spiro atoms. The molecule has 110 valence electrons. The third-order valence-electron chi connectivity index (χ3n) is 3.63. The van der Waals surface area contributed by atoms with Crippen LogP contribution >= 0.6 is 0 Å². The zero-order valence-electron chi connectivity index (χ0n) is 11.7. The average Bonchev–Trinajstić information content (AvgIpc) is 2.70. The Hall–Kier alpha value is -2.05.